The van der Waals surface area contributed by atoms with E-state index < -0.39 is 12.1 Å². The molecule has 3 amide bonds. The minimum atomic E-state index is -0.705. The molecule has 2 aromatic carbocycles. The Labute approximate surface area is 151 Å². The van der Waals surface area contributed by atoms with Crippen molar-refractivity contribution >= 4 is 40.8 Å². The van der Waals surface area contributed by atoms with Crippen molar-refractivity contribution in [2.24, 2.45) is 5.73 Å². The average Bonchev–Trinajstić information content (AvgIpc) is 2.61. The van der Waals surface area contributed by atoms with Gasteiger partial charge in [0.15, 0.2) is 0 Å². The standard InChI is InChI=1S/C18H22N4O2S/c1-25-12-11-16(22-18(19)24)17(23)21-15-9-7-14(8-10-15)20-13-5-3-2-4-6-13/h2-10,16,20H,11-12H2,1H3,(H,21,23)(H3,19,22,24). The number of hydrogen-bond acceptors (Lipinski definition) is 4. The molecule has 0 aliphatic rings. The van der Waals surface area contributed by atoms with Crippen LogP contribution < -0.4 is 21.7 Å². The highest BCUT2D eigenvalue weighted by molar-refractivity contribution is 7.98. The second kappa shape index (κ2) is 9.58. The third-order valence-electron chi connectivity index (χ3n) is 3.46. The van der Waals surface area contributed by atoms with Gasteiger partial charge in [0.25, 0.3) is 0 Å². The number of para-hydroxylation sites is 1. The molecule has 0 aliphatic heterocycles. The van der Waals surface area contributed by atoms with Crippen LogP contribution in [0, 0.1) is 0 Å². The van der Waals surface area contributed by atoms with Crippen LogP contribution in [-0.2, 0) is 4.79 Å². The van der Waals surface area contributed by atoms with Crippen molar-refractivity contribution in [1.29, 1.82) is 0 Å². The number of rotatable bonds is 8. The zero-order chi connectivity index (χ0) is 18.1. The molecule has 0 aliphatic carbocycles. The highest BCUT2D eigenvalue weighted by atomic mass is 32.2. The van der Waals surface area contributed by atoms with Crippen molar-refractivity contribution in [3.05, 3.63) is 54.6 Å². The Morgan fingerprint density at radius 1 is 1.00 bits per heavy atom. The Bertz CT molecular complexity index is 692. The third kappa shape index (κ3) is 6.39. The number of thioether (sulfide) groups is 1. The van der Waals surface area contributed by atoms with Crippen molar-refractivity contribution in [1.82, 2.24) is 5.32 Å². The van der Waals surface area contributed by atoms with E-state index >= 15 is 0 Å². The summed E-state index contributed by atoms with van der Waals surface area (Å²) in [6.45, 7) is 0. The minimum Gasteiger partial charge on any atom is -0.356 e. The third-order valence-corrected chi connectivity index (χ3v) is 4.10. The van der Waals surface area contributed by atoms with E-state index in [2.05, 4.69) is 16.0 Å². The number of hydrogen-bond donors (Lipinski definition) is 4. The van der Waals surface area contributed by atoms with Gasteiger partial charge in [-0.15, -0.1) is 0 Å². The summed E-state index contributed by atoms with van der Waals surface area (Å²) in [6.07, 6.45) is 2.46. The number of nitrogens with two attached hydrogens (primary N) is 1. The number of carbonyl (C=O) groups is 2. The number of carbonyl (C=O) groups excluding carboxylic acids is 2. The number of amides is 3. The Kier molecular flexibility index (Phi) is 7.16. The SMILES string of the molecule is CSCCC(NC(N)=O)C(=O)Nc1ccc(Nc2ccccc2)cc1. The maximum Gasteiger partial charge on any atom is 0.312 e. The van der Waals surface area contributed by atoms with Gasteiger partial charge >= 0.3 is 6.03 Å². The summed E-state index contributed by atoms with van der Waals surface area (Å²) in [7, 11) is 0. The van der Waals surface area contributed by atoms with E-state index in [0.717, 1.165) is 17.1 Å². The van der Waals surface area contributed by atoms with Gasteiger partial charge in [0.2, 0.25) is 5.91 Å². The Morgan fingerprint density at radius 3 is 2.20 bits per heavy atom. The summed E-state index contributed by atoms with van der Waals surface area (Å²) < 4.78 is 0. The van der Waals surface area contributed by atoms with Crippen LogP contribution in [0.4, 0.5) is 21.9 Å². The van der Waals surface area contributed by atoms with E-state index in [0.29, 0.717) is 12.1 Å². The predicted octanol–water partition coefficient (Wildman–Crippen LogP) is 3.16. The van der Waals surface area contributed by atoms with Gasteiger partial charge in [-0.1, -0.05) is 18.2 Å². The summed E-state index contributed by atoms with van der Waals surface area (Å²) in [5.74, 6) is 0.467. The summed E-state index contributed by atoms with van der Waals surface area (Å²) in [6, 6.07) is 15.8. The maximum atomic E-state index is 12.3. The van der Waals surface area contributed by atoms with Gasteiger partial charge in [0.05, 0.1) is 0 Å². The topological polar surface area (TPSA) is 96.2 Å². The van der Waals surface area contributed by atoms with E-state index in [-0.39, 0.29) is 5.91 Å². The van der Waals surface area contributed by atoms with Crippen LogP contribution in [0.25, 0.3) is 0 Å². The summed E-state index contributed by atoms with van der Waals surface area (Å²) in [5.41, 5.74) is 7.70. The summed E-state index contributed by atoms with van der Waals surface area (Å²) in [4.78, 5) is 23.4. The summed E-state index contributed by atoms with van der Waals surface area (Å²) >= 11 is 1.60. The molecule has 25 heavy (non-hydrogen) atoms. The molecule has 5 N–H and O–H groups in total. The molecule has 7 heteroatoms. The first-order chi connectivity index (χ1) is 12.1. The molecule has 2 rings (SSSR count). The van der Waals surface area contributed by atoms with Crippen molar-refractivity contribution in [2.45, 2.75) is 12.5 Å². The number of anilines is 3. The lowest BCUT2D eigenvalue weighted by Crippen LogP contribution is -2.46. The number of nitrogens with one attached hydrogen (secondary N) is 3. The Hall–Kier alpha value is -2.67. The molecule has 0 spiro atoms. The first kappa shape index (κ1) is 18.7. The molecule has 1 unspecified atom stereocenters. The fourth-order valence-corrected chi connectivity index (χ4v) is 2.70. The zero-order valence-electron chi connectivity index (χ0n) is 14.0. The highest BCUT2D eigenvalue weighted by Gasteiger charge is 2.19. The molecule has 132 valence electrons. The lowest BCUT2D eigenvalue weighted by Gasteiger charge is -2.17. The molecule has 0 heterocycles. The van der Waals surface area contributed by atoms with Crippen molar-refractivity contribution in [3.63, 3.8) is 0 Å². The van der Waals surface area contributed by atoms with Crippen LogP contribution in [0.2, 0.25) is 0 Å². The molecule has 2 aromatic rings. The second-order valence-electron chi connectivity index (χ2n) is 5.40. The van der Waals surface area contributed by atoms with E-state index in [1.54, 1.807) is 23.9 Å². The minimum absolute atomic E-state index is 0.281. The normalized spacial score (nSPS) is 11.4. The number of benzene rings is 2. The van der Waals surface area contributed by atoms with Gasteiger partial charge in [-0.2, -0.15) is 11.8 Å². The first-order valence-corrected chi connectivity index (χ1v) is 9.26. The lowest BCUT2D eigenvalue weighted by molar-refractivity contribution is -0.117. The van der Waals surface area contributed by atoms with Crippen molar-refractivity contribution in [2.75, 3.05) is 22.6 Å². The molecule has 1 atom stereocenters. The van der Waals surface area contributed by atoms with Gasteiger partial charge in [0.1, 0.15) is 6.04 Å². The average molecular weight is 358 g/mol. The van der Waals surface area contributed by atoms with Crippen LogP contribution in [0.5, 0.6) is 0 Å². The van der Waals surface area contributed by atoms with Crippen LogP contribution in [-0.4, -0.2) is 30.0 Å². The van der Waals surface area contributed by atoms with Crippen LogP contribution in [0.15, 0.2) is 54.6 Å². The van der Waals surface area contributed by atoms with Gasteiger partial charge < -0.3 is 21.7 Å². The fraction of sp³-hybridized carbons (Fsp3) is 0.222. The first-order valence-electron chi connectivity index (χ1n) is 7.86. The molecule has 0 radical (unpaired) electrons. The molecule has 0 fully saturated rings. The Balaban J connectivity index is 1.96. The largest absolute Gasteiger partial charge is 0.356 e. The van der Waals surface area contributed by atoms with E-state index in [9.17, 15) is 9.59 Å². The van der Waals surface area contributed by atoms with E-state index in [1.165, 1.54) is 0 Å². The lowest BCUT2D eigenvalue weighted by atomic mass is 10.2. The highest BCUT2D eigenvalue weighted by Crippen LogP contribution is 2.19. The monoisotopic (exact) mass is 358 g/mol. The molecule has 0 bridgehead atoms. The van der Waals surface area contributed by atoms with Crippen LogP contribution in [0.3, 0.4) is 0 Å². The number of primary amides is 1. The molecular weight excluding hydrogens is 336 g/mol. The van der Waals surface area contributed by atoms with Gasteiger partial charge in [-0.3, -0.25) is 4.79 Å². The predicted molar refractivity (Wildman–Crippen MR) is 104 cm³/mol. The van der Waals surface area contributed by atoms with Gasteiger partial charge in [-0.25, -0.2) is 4.79 Å². The zero-order valence-corrected chi connectivity index (χ0v) is 14.8. The van der Waals surface area contributed by atoms with E-state index in [1.807, 2.05) is 48.7 Å². The van der Waals surface area contributed by atoms with Gasteiger partial charge in [0, 0.05) is 17.1 Å². The van der Waals surface area contributed by atoms with Crippen LogP contribution >= 0.6 is 11.8 Å². The van der Waals surface area contributed by atoms with E-state index in [4.69, 9.17) is 5.73 Å². The second-order valence-corrected chi connectivity index (χ2v) is 6.39. The maximum absolute atomic E-state index is 12.3. The Morgan fingerprint density at radius 2 is 1.60 bits per heavy atom. The molecule has 6 nitrogen and oxygen atoms in total. The van der Waals surface area contributed by atoms with Crippen molar-refractivity contribution < 1.29 is 9.59 Å². The summed E-state index contributed by atoms with van der Waals surface area (Å²) in [5, 5.41) is 8.55. The number of urea groups is 1. The quantitative estimate of drug-likeness (QED) is 0.583. The van der Waals surface area contributed by atoms with Gasteiger partial charge in [-0.05, 0) is 54.8 Å². The molecule has 0 saturated carbocycles. The molecule has 0 aromatic heterocycles. The molecular formula is C18H22N4O2S. The molecule has 0 saturated heterocycles. The van der Waals surface area contributed by atoms with Crippen molar-refractivity contribution in [3.8, 4) is 0 Å². The van der Waals surface area contributed by atoms with Crippen LogP contribution in [0.1, 0.15) is 6.42 Å². The fourth-order valence-electron chi connectivity index (χ4n) is 2.23. The smallest absolute Gasteiger partial charge is 0.312 e.